The Balaban J connectivity index is 2.65. The smallest absolute Gasteiger partial charge is 0.224 e. The van der Waals surface area contributed by atoms with Gasteiger partial charge in [-0.1, -0.05) is 13.0 Å². The van der Waals surface area contributed by atoms with Crippen molar-refractivity contribution < 1.29 is 9.90 Å². The Morgan fingerprint density at radius 3 is 2.88 bits per heavy atom. The molecule has 1 unspecified atom stereocenters. The van der Waals surface area contributed by atoms with Gasteiger partial charge < -0.3 is 16.2 Å². The predicted molar refractivity (Wildman–Crippen MR) is 64.3 cm³/mol. The van der Waals surface area contributed by atoms with Gasteiger partial charge >= 0.3 is 0 Å². The fourth-order valence-corrected chi connectivity index (χ4v) is 1.35. The summed E-state index contributed by atoms with van der Waals surface area (Å²) in [6.45, 7) is 4.29. The quantitative estimate of drug-likeness (QED) is 0.678. The summed E-state index contributed by atoms with van der Waals surface area (Å²) >= 11 is 0. The van der Waals surface area contributed by atoms with E-state index in [1.807, 2.05) is 13.8 Å². The van der Waals surface area contributed by atoms with E-state index in [-0.39, 0.29) is 17.6 Å². The Labute approximate surface area is 95.5 Å². The van der Waals surface area contributed by atoms with E-state index >= 15 is 0 Å². The molecule has 1 amide bonds. The standard InChI is InChI=1S/C12H18N2O2/c1-8-3-4-11(15)10(5-8)14-12(16)6-9(2)7-13/h3-5,9,15H,6-7,13H2,1-2H3,(H,14,16). The molecular formula is C12H18N2O2. The van der Waals surface area contributed by atoms with Crippen LogP contribution < -0.4 is 11.1 Å². The molecule has 1 atom stereocenters. The lowest BCUT2D eigenvalue weighted by Gasteiger charge is -2.10. The molecule has 0 aliphatic rings. The number of nitrogens with two attached hydrogens (primary N) is 1. The molecule has 4 nitrogen and oxygen atoms in total. The van der Waals surface area contributed by atoms with Crippen LogP contribution in [0.4, 0.5) is 5.69 Å². The maximum Gasteiger partial charge on any atom is 0.224 e. The normalized spacial score (nSPS) is 12.2. The third-order valence-electron chi connectivity index (χ3n) is 2.36. The van der Waals surface area contributed by atoms with E-state index in [1.165, 1.54) is 0 Å². The highest BCUT2D eigenvalue weighted by atomic mass is 16.3. The van der Waals surface area contributed by atoms with Gasteiger partial charge in [0.25, 0.3) is 0 Å². The molecule has 4 heteroatoms. The molecule has 0 spiro atoms. The molecular weight excluding hydrogens is 204 g/mol. The maximum atomic E-state index is 11.6. The number of aryl methyl sites for hydroxylation is 1. The van der Waals surface area contributed by atoms with Gasteiger partial charge in [-0.2, -0.15) is 0 Å². The van der Waals surface area contributed by atoms with E-state index in [1.54, 1.807) is 18.2 Å². The van der Waals surface area contributed by atoms with Gasteiger partial charge in [-0.05, 0) is 37.1 Å². The third-order valence-corrected chi connectivity index (χ3v) is 2.36. The SMILES string of the molecule is Cc1ccc(O)c(NC(=O)CC(C)CN)c1. The molecule has 0 fully saturated rings. The second-order valence-corrected chi connectivity index (χ2v) is 4.11. The zero-order valence-corrected chi connectivity index (χ0v) is 9.66. The monoisotopic (exact) mass is 222 g/mol. The largest absolute Gasteiger partial charge is 0.506 e. The molecule has 0 saturated carbocycles. The van der Waals surface area contributed by atoms with E-state index in [2.05, 4.69) is 5.32 Å². The van der Waals surface area contributed by atoms with E-state index in [9.17, 15) is 9.90 Å². The summed E-state index contributed by atoms with van der Waals surface area (Å²) in [7, 11) is 0. The first kappa shape index (κ1) is 12.5. The highest BCUT2D eigenvalue weighted by molar-refractivity contribution is 5.92. The maximum absolute atomic E-state index is 11.6. The molecule has 1 rings (SSSR count). The number of hydrogen-bond acceptors (Lipinski definition) is 3. The van der Waals surface area contributed by atoms with Crippen molar-refractivity contribution in [2.75, 3.05) is 11.9 Å². The summed E-state index contributed by atoms with van der Waals surface area (Å²) in [4.78, 5) is 11.6. The molecule has 16 heavy (non-hydrogen) atoms. The number of carbonyl (C=O) groups is 1. The Morgan fingerprint density at radius 1 is 1.56 bits per heavy atom. The van der Waals surface area contributed by atoms with E-state index in [0.717, 1.165) is 5.56 Å². The van der Waals surface area contributed by atoms with Crippen LogP contribution in [-0.2, 0) is 4.79 Å². The minimum atomic E-state index is -0.126. The van der Waals surface area contributed by atoms with E-state index in [0.29, 0.717) is 18.7 Å². The van der Waals surface area contributed by atoms with Crippen molar-refractivity contribution in [2.24, 2.45) is 11.7 Å². The number of aromatic hydroxyl groups is 1. The summed E-state index contributed by atoms with van der Waals surface area (Å²) in [5.41, 5.74) is 6.88. The number of benzene rings is 1. The summed E-state index contributed by atoms with van der Waals surface area (Å²) in [5.74, 6) is 0.102. The molecule has 0 saturated heterocycles. The van der Waals surface area contributed by atoms with Crippen molar-refractivity contribution in [3.8, 4) is 5.75 Å². The van der Waals surface area contributed by atoms with Crippen LogP contribution in [0.25, 0.3) is 0 Å². The Bertz CT molecular complexity index is 377. The van der Waals surface area contributed by atoms with Crippen molar-refractivity contribution in [3.05, 3.63) is 23.8 Å². The van der Waals surface area contributed by atoms with Gasteiger partial charge in [0.05, 0.1) is 5.69 Å². The molecule has 0 aromatic heterocycles. The molecule has 0 radical (unpaired) electrons. The summed E-state index contributed by atoms with van der Waals surface area (Å²) in [6.07, 6.45) is 0.365. The molecule has 1 aromatic carbocycles. The van der Waals surface area contributed by atoms with Crippen LogP contribution in [0.5, 0.6) is 5.75 Å². The molecule has 88 valence electrons. The number of rotatable bonds is 4. The Hall–Kier alpha value is -1.55. The second-order valence-electron chi connectivity index (χ2n) is 4.11. The van der Waals surface area contributed by atoms with Crippen LogP contribution in [0.2, 0.25) is 0 Å². The van der Waals surface area contributed by atoms with Crippen LogP contribution in [0.1, 0.15) is 18.9 Å². The van der Waals surface area contributed by atoms with Crippen molar-refractivity contribution in [3.63, 3.8) is 0 Å². The van der Waals surface area contributed by atoms with Crippen molar-refractivity contribution in [1.29, 1.82) is 0 Å². The predicted octanol–water partition coefficient (Wildman–Crippen LogP) is 1.62. The molecule has 0 heterocycles. The lowest BCUT2D eigenvalue weighted by Crippen LogP contribution is -2.20. The van der Waals surface area contributed by atoms with Gasteiger partial charge in [0, 0.05) is 6.42 Å². The van der Waals surface area contributed by atoms with Crippen LogP contribution in [0, 0.1) is 12.8 Å². The number of phenols is 1. The average molecular weight is 222 g/mol. The first-order valence-electron chi connectivity index (χ1n) is 5.32. The number of nitrogens with one attached hydrogen (secondary N) is 1. The molecule has 0 aliphatic heterocycles. The summed E-state index contributed by atoms with van der Waals surface area (Å²) < 4.78 is 0. The fourth-order valence-electron chi connectivity index (χ4n) is 1.35. The highest BCUT2D eigenvalue weighted by Crippen LogP contribution is 2.24. The van der Waals surface area contributed by atoms with Crippen LogP contribution in [-0.4, -0.2) is 17.6 Å². The lowest BCUT2D eigenvalue weighted by molar-refractivity contribution is -0.116. The third kappa shape index (κ3) is 3.55. The zero-order valence-electron chi connectivity index (χ0n) is 9.66. The number of hydrogen-bond donors (Lipinski definition) is 3. The van der Waals surface area contributed by atoms with Gasteiger partial charge in [-0.3, -0.25) is 4.79 Å². The van der Waals surface area contributed by atoms with Gasteiger partial charge in [-0.15, -0.1) is 0 Å². The minimum Gasteiger partial charge on any atom is -0.506 e. The first-order chi connectivity index (χ1) is 7.52. The highest BCUT2D eigenvalue weighted by Gasteiger charge is 2.09. The molecule has 0 aliphatic carbocycles. The summed E-state index contributed by atoms with van der Waals surface area (Å²) in [5, 5.41) is 12.2. The van der Waals surface area contributed by atoms with Crippen molar-refractivity contribution >= 4 is 11.6 Å². The molecule has 1 aromatic rings. The average Bonchev–Trinajstić information content (AvgIpc) is 2.23. The number of anilines is 1. The number of carbonyl (C=O) groups excluding carboxylic acids is 1. The number of phenolic OH excluding ortho intramolecular Hbond substituents is 1. The zero-order chi connectivity index (χ0) is 12.1. The molecule has 4 N–H and O–H groups in total. The van der Waals surface area contributed by atoms with Gasteiger partial charge in [0.1, 0.15) is 5.75 Å². The van der Waals surface area contributed by atoms with Gasteiger partial charge in [-0.25, -0.2) is 0 Å². The van der Waals surface area contributed by atoms with Crippen molar-refractivity contribution in [1.82, 2.24) is 0 Å². The molecule has 0 bridgehead atoms. The Kier molecular flexibility index (Phi) is 4.31. The second kappa shape index (κ2) is 5.51. The summed E-state index contributed by atoms with van der Waals surface area (Å²) in [6, 6.07) is 5.09. The number of amides is 1. The van der Waals surface area contributed by atoms with Crippen LogP contribution in [0.3, 0.4) is 0 Å². The lowest BCUT2D eigenvalue weighted by atomic mass is 10.1. The van der Waals surface area contributed by atoms with Gasteiger partial charge in [0.15, 0.2) is 0 Å². The first-order valence-corrected chi connectivity index (χ1v) is 5.32. The van der Waals surface area contributed by atoms with Gasteiger partial charge in [0.2, 0.25) is 5.91 Å². The Morgan fingerprint density at radius 2 is 2.25 bits per heavy atom. The van der Waals surface area contributed by atoms with Crippen LogP contribution in [0.15, 0.2) is 18.2 Å². The van der Waals surface area contributed by atoms with E-state index < -0.39 is 0 Å². The van der Waals surface area contributed by atoms with Crippen LogP contribution >= 0.6 is 0 Å². The van der Waals surface area contributed by atoms with Crippen molar-refractivity contribution in [2.45, 2.75) is 20.3 Å². The van der Waals surface area contributed by atoms with E-state index in [4.69, 9.17) is 5.73 Å². The minimum absolute atomic E-state index is 0.0827. The fraction of sp³-hybridized carbons (Fsp3) is 0.417. The topological polar surface area (TPSA) is 75.3 Å².